The molecule has 9 aromatic carbocycles. The van der Waals surface area contributed by atoms with E-state index in [1.54, 1.807) is 0 Å². The molecular formula is C90H117N9O45. The summed E-state index contributed by atoms with van der Waals surface area (Å²) in [5.41, 5.74) is 36.1. The Morgan fingerprint density at radius 1 is 0.215 bits per heavy atom. The van der Waals surface area contributed by atoms with Crippen LogP contribution in [0.1, 0.15) is 145 Å². The van der Waals surface area contributed by atoms with Crippen LogP contribution in [0, 0.1) is 0 Å². The van der Waals surface area contributed by atoms with Crippen molar-refractivity contribution in [2.24, 2.45) is 51.6 Å². The van der Waals surface area contributed by atoms with Crippen LogP contribution >= 0.6 is 0 Å². The lowest BCUT2D eigenvalue weighted by atomic mass is 10.0. The van der Waals surface area contributed by atoms with Crippen molar-refractivity contribution >= 4 is 53.7 Å². The number of carbonyl (C=O) groups excluding carboxylic acids is 9. The van der Waals surface area contributed by atoms with Gasteiger partial charge in [-0.15, -0.1) is 0 Å². The number of carbonyl (C=O) groups is 9. The first kappa shape index (κ1) is 81.6. The van der Waals surface area contributed by atoms with Crippen LogP contribution < -0.4 is 51.6 Å². The summed E-state index contributed by atoms with van der Waals surface area (Å²) >= 11 is 0. The Kier molecular flexibility index (Phi) is 34.4. The first-order valence-corrected chi connectivity index (χ1v) is 37.7. The molecule has 0 radical (unpaired) electrons. The number of esters is 9. The van der Waals surface area contributed by atoms with Gasteiger partial charge >= 0.3 is 53.7 Å². The van der Waals surface area contributed by atoms with Crippen molar-refractivity contribution in [2.45, 2.75) is 109 Å². The topological polar surface area (TPSA) is 1020 Å². The number of aromatic hydroxyl groups is 18. The SMILES string of the molecule is [2H][C@@](O)(c1ccc(O)c(O)c1)[C@@H](N)C(=O)OC.[2H][C@](N)(C(=O)OC)[C@@H](O)c1ccc(O)c(O)c1.[2H][C@](N)(C(=O)OC)[C@@]([2H])(O)c1ccc(O)c(O)c1.[2H]c1c([2H])c([C@@H](O)[C@@H](N)C(=O)OC)c([2H])c(O)c1O.[2H]c1c([2H])c([C@@]([2H])(O)[C@@H](N)C(=O)OC)c([2H])c(O)c1O.[2H]c1c([2H])c([C@H](O)[C@@]([2H])(N)C(=O)OC)c([2H])c(O)c1O.[2H]c1c([2H])c([C@]([2H])(O)[C@@H](N)C(=O)OC)c([2H])c(O)c1O.[2H]c1c([2H])c([C@]([2H])(O)[C@@]([2H])(N)C(=O)OC)c([2H])c(O)c1O.[2H]c1c([2H])c([C@]([2H])(O)[C@]([2H])(C(=O)OC)N([2H])[2H])c([2H])c(O)c1O. The molecule has 9 rings (SSSR count). The van der Waals surface area contributed by atoms with E-state index in [4.69, 9.17) is 104 Å². The summed E-state index contributed by atoms with van der Waals surface area (Å²) in [6, 6.07) is -29.2. The predicted molar refractivity (Wildman–Crippen MR) is 493 cm³/mol. The van der Waals surface area contributed by atoms with E-state index in [2.05, 4.69) is 42.6 Å². The van der Waals surface area contributed by atoms with Gasteiger partial charge in [0.15, 0.2) is 103 Å². The van der Waals surface area contributed by atoms with Crippen molar-refractivity contribution < 1.29 is 266 Å². The highest BCUT2D eigenvalue weighted by Crippen LogP contribution is 2.38. The molecule has 0 aromatic heterocycles. The standard InChI is InChI=1S/9C10H13NO5/c9*1-16-10(15)8(11)9(14)5-2-3-6(12)7(13)4-5/h9*2-4,8-9,12-14H,11H2,1H3/t6*8-,9+;3*8-,9-/m111111111/s1/i2*2D,3D,4D,8D,9D;2D,3D,4D,9D;2D,3D,4D,8D;8D,9D;8D;2D,3D,4D,9D;2D,3D,4D;9D/hD2. The van der Waals surface area contributed by atoms with Gasteiger partial charge in [-0.1, -0.05) is 54.5 Å². The average molecular weight is 2080 g/mol. The fraction of sp³-hybridized carbons (Fsp3) is 0.300. The van der Waals surface area contributed by atoms with Crippen LogP contribution in [0.5, 0.6) is 103 Å². The molecule has 0 amide bonds. The van der Waals surface area contributed by atoms with Gasteiger partial charge in [0, 0.05) is 0 Å². The highest BCUT2D eigenvalue weighted by atomic mass is 16.6. The molecule has 144 heavy (non-hydrogen) atoms. The second-order valence-electron chi connectivity index (χ2n) is 26.0. The van der Waals surface area contributed by atoms with Crippen LogP contribution in [0.25, 0.3) is 0 Å². The normalized spacial score (nSPS) is 19.7. The number of hydrogen-bond acceptors (Lipinski definition) is 54. The lowest BCUT2D eigenvalue weighted by Gasteiger charge is -2.17. The molecule has 9 aromatic rings. The Hall–Kier alpha value is -16.1. The molecular weight excluding hydrogens is 1930 g/mol. The van der Waals surface area contributed by atoms with Crippen LogP contribution in [0.15, 0.2) is 163 Å². The molecule has 0 bridgehead atoms. The molecule has 792 valence electrons. The van der Waals surface area contributed by atoms with Crippen LogP contribution in [-0.2, 0) is 85.8 Å². The second-order valence-corrected chi connectivity index (χ2v) is 26.0. The van der Waals surface area contributed by atoms with E-state index < -0.39 is 408 Å². The quantitative estimate of drug-likeness (QED) is 0.0130. The van der Waals surface area contributed by atoms with E-state index in [0.29, 0.717) is 0 Å². The van der Waals surface area contributed by atoms with Crippen molar-refractivity contribution in [3.05, 3.63) is 213 Å². The van der Waals surface area contributed by atoms with Crippen molar-refractivity contribution in [3.63, 3.8) is 0 Å². The van der Waals surface area contributed by atoms with Gasteiger partial charge in [0.2, 0.25) is 0 Å². The Morgan fingerprint density at radius 3 is 0.667 bits per heavy atom. The molecule has 0 spiro atoms. The molecule has 54 nitrogen and oxygen atoms in total. The van der Waals surface area contributed by atoms with Crippen LogP contribution in [-0.4, -0.2) is 310 Å². The maximum absolute atomic E-state index is 11.7. The number of methoxy groups -OCH3 is 9. The van der Waals surface area contributed by atoms with Gasteiger partial charge in [0.1, 0.15) is 112 Å². The Balaban J connectivity index is 0.000000986. The summed E-state index contributed by atoms with van der Waals surface area (Å²) < 4.78 is 271. The zero-order valence-corrected chi connectivity index (χ0v) is 75.2. The Morgan fingerprint density at radius 2 is 0.403 bits per heavy atom. The molecule has 0 unspecified atom stereocenters. The van der Waals surface area contributed by atoms with E-state index in [1.807, 2.05) is 0 Å². The summed E-state index contributed by atoms with van der Waals surface area (Å²) in [7, 11) is 8.59. The fourth-order valence-corrected chi connectivity index (χ4v) is 8.67. The van der Waals surface area contributed by atoms with E-state index in [-0.39, 0.29) is 22.4 Å². The Labute approximate surface area is 860 Å². The largest absolute Gasteiger partial charge is 0.504 e. The van der Waals surface area contributed by atoms with Gasteiger partial charge in [-0.2, -0.15) is 0 Å². The first-order chi connectivity index (χ1) is 79.4. The third-order valence-corrected chi connectivity index (χ3v) is 16.5. The zero-order chi connectivity index (χ0) is 138. The van der Waals surface area contributed by atoms with Crippen molar-refractivity contribution in [3.8, 4) is 103 Å². The summed E-state index contributed by atoms with van der Waals surface area (Å²) in [6.07, 6.45) is -24.0. The number of benzene rings is 9. The molecule has 0 aliphatic rings. The third kappa shape index (κ3) is 38.1. The molecule has 0 heterocycles. The smallest absolute Gasteiger partial charge is 0.325 e. The minimum absolute atomic E-state index is 0.0169. The molecule has 0 saturated carbocycles. The summed E-state index contributed by atoms with van der Waals surface area (Å²) in [5, 5.41) is 257. The van der Waals surface area contributed by atoms with Gasteiger partial charge < -0.3 is 232 Å². The summed E-state index contributed by atoms with van der Waals surface area (Å²) in [6.45, 7) is 0. The van der Waals surface area contributed by atoms with Gasteiger partial charge in [-0.3, -0.25) is 43.2 Å². The molecule has 0 saturated heterocycles. The predicted octanol–water partition coefficient (Wildman–Crippen LogP) is -3.32. The molecule has 0 aliphatic carbocycles. The summed E-state index contributed by atoms with van der Waals surface area (Å²) in [4.78, 5) is 102. The van der Waals surface area contributed by atoms with E-state index in [1.165, 1.54) is 12.1 Å². The zero-order valence-electron chi connectivity index (χ0n) is 106. The first-order valence-electron chi connectivity index (χ1n) is 53.1. The number of ether oxygens (including phenoxy) is 9. The number of hydrogen-bond donors (Lipinski definition) is 36. The van der Waals surface area contributed by atoms with Crippen LogP contribution in [0.2, 0.25) is 2.82 Å². The van der Waals surface area contributed by atoms with Gasteiger partial charge in [0.25, 0.3) is 0 Å². The van der Waals surface area contributed by atoms with E-state index >= 15 is 0 Å². The van der Waals surface area contributed by atoms with E-state index in [0.717, 1.165) is 106 Å². The maximum atomic E-state index is 11.7. The highest BCUT2D eigenvalue weighted by Gasteiger charge is 2.34. The fourth-order valence-electron chi connectivity index (χ4n) is 8.67. The highest BCUT2D eigenvalue weighted by molar-refractivity contribution is 5.81. The molecule has 54 heteroatoms. The van der Waals surface area contributed by atoms with Crippen molar-refractivity contribution in [2.75, 3.05) is 64.0 Å². The molecule has 0 fully saturated rings. The van der Waals surface area contributed by atoms with Crippen molar-refractivity contribution in [1.82, 2.24) is 0 Å². The molecule has 45 N–H and O–H groups in total. The molecule has 0 aliphatic heterocycles. The van der Waals surface area contributed by atoms with Gasteiger partial charge in [0.05, 0.1) is 104 Å². The maximum Gasteiger partial charge on any atom is 0.325 e. The Bertz CT molecular complexity index is 7260. The number of phenolic OH excluding ortho intramolecular Hbond substituents is 18. The number of phenols is 18. The second kappa shape index (κ2) is 60.8. The minimum Gasteiger partial charge on any atom is -0.504 e. The lowest BCUT2D eigenvalue weighted by molar-refractivity contribution is -0.145. The number of nitrogens with two attached hydrogens (primary N) is 9. The third-order valence-electron chi connectivity index (χ3n) is 16.5. The molecule has 18 atom stereocenters. The lowest BCUT2D eigenvalue weighted by Crippen LogP contribution is -2.37. The average Bonchev–Trinajstić information content (AvgIpc) is 0.738. The number of rotatable bonds is 28. The van der Waals surface area contributed by atoms with Gasteiger partial charge in [-0.25, -0.2) is 0 Å². The number of aliphatic hydroxyl groups is 9. The van der Waals surface area contributed by atoms with Crippen LogP contribution in [0.4, 0.5) is 0 Å². The van der Waals surface area contributed by atoms with Crippen LogP contribution in [0.3, 0.4) is 0 Å². The van der Waals surface area contributed by atoms with Crippen molar-refractivity contribution in [1.29, 1.82) is 0 Å². The number of aliphatic hydroxyl groups excluding tert-OH is 3. The minimum atomic E-state index is -3.63. The monoisotopic (exact) mass is 2070 g/mol. The summed E-state index contributed by atoms with van der Waals surface area (Å²) in [5.74, 6) is -27.1. The van der Waals surface area contributed by atoms with E-state index in [9.17, 15) is 166 Å². The van der Waals surface area contributed by atoms with Gasteiger partial charge in [-0.05, 0) is 159 Å².